The van der Waals surface area contributed by atoms with Crippen LogP contribution in [0.15, 0.2) is 30.3 Å². The molecule has 0 saturated heterocycles. The summed E-state index contributed by atoms with van der Waals surface area (Å²) in [7, 11) is 0. The first-order valence-electron chi connectivity index (χ1n) is 3.85. The number of para-hydroxylation sites is 1. The third-order valence-electron chi connectivity index (χ3n) is 1.53. The quantitative estimate of drug-likeness (QED) is 0.639. The zero-order valence-corrected chi connectivity index (χ0v) is 6.75. The van der Waals surface area contributed by atoms with Crippen LogP contribution in [0.3, 0.4) is 0 Å². The number of hydrogen-bond acceptors (Lipinski definition) is 1. The Morgan fingerprint density at radius 2 is 2.09 bits per heavy atom. The molecule has 0 unspecified atom stereocenters. The van der Waals surface area contributed by atoms with Gasteiger partial charge in [0, 0.05) is 5.69 Å². The summed E-state index contributed by atoms with van der Waals surface area (Å²) >= 11 is 0. The fourth-order valence-corrected chi connectivity index (χ4v) is 0.907. The maximum Gasteiger partial charge on any atom is 0.0387 e. The molecule has 1 heteroatoms. The van der Waals surface area contributed by atoms with E-state index in [9.17, 15) is 0 Å². The second-order valence-electron chi connectivity index (χ2n) is 2.44. The summed E-state index contributed by atoms with van der Waals surface area (Å²) in [5.41, 5.74) is 7.66. The van der Waals surface area contributed by atoms with E-state index in [0.717, 1.165) is 17.7 Å². The van der Waals surface area contributed by atoms with Crippen molar-refractivity contribution in [1.82, 2.24) is 0 Å². The highest BCUT2D eigenvalue weighted by atomic mass is 14.5. The summed E-state index contributed by atoms with van der Waals surface area (Å²) < 4.78 is 0. The summed E-state index contributed by atoms with van der Waals surface area (Å²) in [6, 6.07) is 7.86. The van der Waals surface area contributed by atoms with Gasteiger partial charge < -0.3 is 5.73 Å². The van der Waals surface area contributed by atoms with Crippen molar-refractivity contribution in [2.24, 2.45) is 0 Å². The molecule has 0 aromatic heterocycles. The van der Waals surface area contributed by atoms with Crippen LogP contribution in [0, 0.1) is 0 Å². The molecule has 1 nitrogen and oxygen atoms in total. The van der Waals surface area contributed by atoms with E-state index in [2.05, 4.69) is 19.1 Å². The molecular weight excluding hydrogens is 134 g/mol. The number of allylic oxidation sites excluding steroid dienone is 1. The summed E-state index contributed by atoms with van der Waals surface area (Å²) in [6.45, 7) is 2.11. The van der Waals surface area contributed by atoms with Gasteiger partial charge in [0.05, 0.1) is 0 Å². The molecule has 0 amide bonds. The first kappa shape index (κ1) is 7.86. The molecule has 58 valence electrons. The van der Waals surface area contributed by atoms with Crippen LogP contribution in [-0.2, 0) is 0 Å². The van der Waals surface area contributed by atoms with Crippen LogP contribution in [0.4, 0.5) is 5.69 Å². The zero-order valence-electron chi connectivity index (χ0n) is 6.75. The van der Waals surface area contributed by atoms with E-state index < -0.39 is 0 Å². The zero-order chi connectivity index (χ0) is 8.10. The lowest BCUT2D eigenvalue weighted by molar-refractivity contribution is 1.23. The molecule has 0 aliphatic heterocycles. The maximum absolute atomic E-state index is 5.71. The average molecular weight is 147 g/mol. The molecule has 1 aromatic rings. The van der Waals surface area contributed by atoms with E-state index in [-0.39, 0.29) is 0 Å². The highest BCUT2D eigenvalue weighted by Crippen LogP contribution is 2.11. The Morgan fingerprint density at radius 1 is 1.36 bits per heavy atom. The highest BCUT2D eigenvalue weighted by molar-refractivity contribution is 5.63. The minimum absolute atomic E-state index is 0.845. The topological polar surface area (TPSA) is 26.0 Å². The van der Waals surface area contributed by atoms with Gasteiger partial charge in [-0.15, -0.1) is 0 Å². The smallest absolute Gasteiger partial charge is 0.0387 e. The van der Waals surface area contributed by atoms with Crippen molar-refractivity contribution >= 4 is 11.8 Å². The number of anilines is 1. The van der Waals surface area contributed by atoms with Crippen LogP contribution in [0.5, 0.6) is 0 Å². The van der Waals surface area contributed by atoms with Crippen molar-refractivity contribution in [3.8, 4) is 0 Å². The first-order chi connectivity index (χ1) is 5.34. The fraction of sp³-hybridized carbons (Fsp3) is 0.200. The van der Waals surface area contributed by atoms with Gasteiger partial charge in [-0.25, -0.2) is 0 Å². The number of nitrogens with two attached hydrogens (primary N) is 1. The first-order valence-corrected chi connectivity index (χ1v) is 3.85. The minimum atomic E-state index is 0.845. The molecule has 1 aromatic carbocycles. The monoisotopic (exact) mass is 147 g/mol. The molecule has 2 N–H and O–H groups in total. The van der Waals surface area contributed by atoms with Gasteiger partial charge in [0.1, 0.15) is 0 Å². The van der Waals surface area contributed by atoms with Crippen molar-refractivity contribution in [2.45, 2.75) is 13.3 Å². The Hall–Kier alpha value is -1.24. The lowest BCUT2D eigenvalue weighted by atomic mass is 10.1. The third-order valence-corrected chi connectivity index (χ3v) is 1.53. The van der Waals surface area contributed by atoms with Gasteiger partial charge >= 0.3 is 0 Å². The second-order valence-corrected chi connectivity index (χ2v) is 2.44. The third kappa shape index (κ3) is 2.11. The van der Waals surface area contributed by atoms with Gasteiger partial charge in [-0.1, -0.05) is 37.3 Å². The van der Waals surface area contributed by atoms with E-state index >= 15 is 0 Å². The Balaban J connectivity index is 2.86. The Kier molecular flexibility index (Phi) is 2.73. The Bertz CT molecular complexity index is 251. The van der Waals surface area contributed by atoms with Gasteiger partial charge in [0.25, 0.3) is 0 Å². The summed E-state index contributed by atoms with van der Waals surface area (Å²) in [5.74, 6) is 0. The van der Waals surface area contributed by atoms with Crippen LogP contribution in [0.1, 0.15) is 18.9 Å². The molecule has 0 aliphatic rings. The lowest BCUT2D eigenvalue weighted by Crippen LogP contribution is -1.86. The molecule has 0 fully saturated rings. The summed E-state index contributed by atoms with van der Waals surface area (Å²) in [5, 5.41) is 0. The molecule has 11 heavy (non-hydrogen) atoms. The largest absolute Gasteiger partial charge is 0.398 e. The van der Waals surface area contributed by atoms with Crippen molar-refractivity contribution in [3.63, 3.8) is 0 Å². The van der Waals surface area contributed by atoms with Gasteiger partial charge in [0.2, 0.25) is 0 Å². The fourth-order valence-electron chi connectivity index (χ4n) is 0.907. The number of benzene rings is 1. The molecule has 0 bridgehead atoms. The maximum atomic E-state index is 5.71. The van der Waals surface area contributed by atoms with E-state index in [0.29, 0.717) is 0 Å². The van der Waals surface area contributed by atoms with Crippen LogP contribution < -0.4 is 5.73 Å². The van der Waals surface area contributed by atoms with Gasteiger partial charge in [-0.3, -0.25) is 0 Å². The van der Waals surface area contributed by atoms with Crippen LogP contribution in [0.25, 0.3) is 6.08 Å². The molecule has 0 radical (unpaired) electrons. The molecule has 0 spiro atoms. The standard InChI is InChI=1S/C10H13N/c1-2-3-6-9-7-4-5-8-10(9)11/h3-8H,2,11H2,1H3. The van der Waals surface area contributed by atoms with E-state index in [1.54, 1.807) is 0 Å². The molecule has 0 aliphatic carbocycles. The van der Waals surface area contributed by atoms with Crippen molar-refractivity contribution in [1.29, 1.82) is 0 Å². The Morgan fingerprint density at radius 3 is 2.73 bits per heavy atom. The summed E-state index contributed by atoms with van der Waals surface area (Å²) in [4.78, 5) is 0. The highest BCUT2D eigenvalue weighted by Gasteiger charge is 1.89. The van der Waals surface area contributed by atoms with Gasteiger partial charge in [-0.05, 0) is 18.1 Å². The van der Waals surface area contributed by atoms with Crippen molar-refractivity contribution in [3.05, 3.63) is 35.9 Å². The van der Waals surface area contributed by atoms with Crippen molar-refractivity contribution < 1.29 is 0 Å². The normalized spacial score (nSPS) is 10.6. The molecule has 1 rings (SSSR count). The molecular formula is C10H13N. The van der Waals surface area contributed by atoms with E-state index in [4.69, 9.17) is 5.73 Å². The van der Waals surface area contributed by atoms with Crippen LogP contribution in [-0.4, -0.2) is 0 Å². The molecule has 0 atom stereocenters. The Labute approximate surface area is 67.5 Å². The number of hydrogen-bond donors (Lipinski definition) is 1. The van der Waals surface area contributed by atoms with Gasteiger partial charge in [-0.2, -0.15) is 0 Å². The predicted molar refractivity (Wildman–Crippen MR) is 50.2 cm³/mol. The molecule has 0 heterocycles. The van der Waals surface area contributed by atoms with Crippen LogP contribution >= 0.6 is 0 Å². The van der Waals surface area contributed by atoms with Crippen molar-refractivity contribution in [2.75, 3.05) is 5.73 Å². The summed E-state index contributed by atoms with van der Waals surface area (Å²) in [6.07, 6.45) is 5.20. The minimum Gasteiger partial charge on any atom is -0.398 e. The lowest BCUT2D eigenvalue weighted by Gasteiger charge is -1.96. The van der Waals surface area contributed by atoms with Crippen LogP contribution in [0.2, 0.25) is 0 Å². The average Bonchev–Trinajstić information content (AvgIpc) is 2.03. The molecule has 0 saturated carbocycles. The second kappa shape index (κ2) is 3.81. The number of nitrogen functional groups attached to an aromatic ring is 1. The number of rotatable bonds is 2. The predicted octanol–water partition coefficient (Wildman–Crippen LogP) is 2.69. The SMILES string of the molecule is CCC=Cc1ccccc1N. The van der Waals surface area contributed by atoms with E-state index in [1.807, 2.05) is 24.3 Å². The van der Waals surface area contributed by atoms with E-state index in [1.165, 1.54) is 0 Å². The van der Waals surface area contributed by atoms with Gasteiger partial charge in [0.15, 0.2) is 0 Å².